The van der Waals surface area contributed by atoms with E-state index in [0.29, 0.717) is 17.6 Å². The highest BCUT2D eigenvalue weighted by Gasteiger charge is 2.18. The molecule has 1 rings (SSSR count). The molecule has 0 aliphatic rings. The molecule has 0 aromatic heterocycles. The first-order valence-corrected chi connectivity index (χ1v) is 5.98. The number of phenolic OH excluding ortho intramolecular Hbond substituents is 1. The summed E-state index contributed by atoms with van der Waals surface area (Å²) in [5, 5.41) is 9.51. The third kappa shape index (κ3) is 4.97. The zero-order valence-electron chi connectivity index (χ0n) is 11.2. The Morgan fingerprint density at radius 3 is 2.41 bits per heavy atom. The quantitative estimate of drug-likeness (QED) is 0.873. The summed E-state index contributed by atoms with van der Waals surface area (Å²) >= 11 is 0. The van der Waals surface area contributed by atoms with Gasteiger partial charge < -0.3 is 10.0 Å². The lowest BCUT2D eigenvalue weighted by atomic mass is 9.85. The second kappa shape index (κ2) is 7.57. The molecule has 0 bridgehead atoms. The average molecular weight is 258 g/mol. The number of phenols is 1. The minimum Gasteiger partial charge on any atom is -0.508 e. The predicted molar refractivity (Wildman–Crippen MR) is 76.1 cm³/mol. The van der Waals surface area contributed by atoms with Crippen LogP contribution in [0, 0.1) is 5.92 Å². The van der Waals surface area contributed by atoms with E-state index in [2.05, 4.69) is 38.9 Å². The molecule has 2 nitrogen and oxygen atoms in total. The summed E-state index contributed by atoms with van der Waals surface area (Å²) in [6.07, 6.45) is 1.11. The molecule has 1 N–H and O–H groups in total. The van der Waals surface area contributed by atoms with Gasteiger partial charge in [0, 0.05) is 6.54 Å². The van der Waals surface area contributed by atoms with Crippen LogP contribution in [0.5, 0.6) is 5.75 Å². The molecule has 0 amide bonds. The van der Waals surface area contributed by atoms with Gasteiger partial charge in [-0.3, -0.25) is 0 Å². The van der Waals surface area contributed by atoms with E-state index in [9.17, 15) is 5.11 Å². The molecular formula is C14H24ClNO. The monoisotopic (exact) mass is 257 g/mol. The Kier molecular flexibility index (Phi) is 7.24. The Morgan fingerprint density at radius 1 is 1.29 bits per heavy atom. The van der Waals surface area contributed by atoms with Crippen LogP contribution in [-0.4, -0.2) is 30.6 Å². The van der Waals surface area contributed by atoms with E-state index in [1.54, 1.807) is 6.07 Å². The molecule has 0 fully saturated rings. The van der Waals surface area contributed by atoms with E-state index < -0.39 is 0 Å². The maximum atomic E-state index is 9.51. The minimum atomic E-state index is 0. The van der Waals surface area contributed by atoms with Crippen molar-refractivity contribution in [3.63, 3.8) is 0 Å². The maximum Gasteiger partial charge on any atom is 0.115 e. The van der Waals surface area contributed by atoms with Gasteiger partial charge in [-0.15, -0.1) is 12.4 Å². The van der Waals surface area contributed by atoms with Crippen molar-refractivity contribution in [1.29, 1.82) is 0 Å². The van der Waals surface area contributed by atoms with Crippen LogP contribution in [0.2, 0.25) is 0 Å². The van der Waals surface area contributed by atoms with Gasteiger partial charge in [0.05, 0.1) is 0 Å². The molecule has 3 heteroatoms. The summed E-state index contributed by atoms with van der Waals surface area (Å²) in [6.45, 7) is 5.56. The lowest BCUT2D eigenvalue weighted by Crippen LogP contribution is -2.24. The van der Waals surface area contributed by atoms with Gasteiger partial charge in [0.25, 0.3) is 0 Å². The van der Waals surface area contributed by atoms with Crippen molar-refractivity contribution in [1.82, 2.24) is 4.90 Å². The van der Waals surface area contributed by atoms with Crippen LogP contribution >= 0.6 is 12.4 Å². The van der Waals surface area contributed by atoms with E-state index in [4.69, 9.17) is 0 Å². The molecule has 0 saturated carbocycles. The Hall–Kier alpha value is -0.730. The molecule has 0 spiro atoms. The van der Waals surface area contributed by atoms with Gasteiger partial charge in [0.1, 0.15) is 5.75 Å². The summed E-state index contributed by atoms with van der Waals surface area (Å²) in [4.78, 5) is 2.22. The fourth-order valence-electron chi connectivity index (χ4n) is 2.43. The number of nitrogens with zero attached hydrogens (tertiary/aromatic N) is 1. The Labute approximate surface area is 111 Å². The second-order valence-electron chi connectivity index (χ2n) is 4.85. The Balaban J connectivity index is 0.00000256. The number of halogens is 1. The topological polar surface area (TPSA) is 23.5 Å². The van der Waals surface area contributed by atoms with Crippen LogP contribution in [0.3, 0.4) is 0 Å². The van der Waals surface area contributed by atoms with Crippen LogP contribution in [0.15, 0.2) is 24.3 Å². The van der Waals surface area contributed by atoms with Gasteiger partial charge in [0.15, 0.2) is 0 Å². The number of rotatable bonds is 5. The zero-order valence-corrected chi connectivity index (χ0v) is 12.0. The minimum absolute atomic E-state index is 0. The molecule has 98 valence electrons. The fraction of sp³-hybridized carbons (Fsp3) is 0.571. The van der Waals surface area contributed by atoms with Gasteiger partial charge in [-0.1, -0.05) is 26.0 Å². The predicted octanol–water partition coefficient (Wildman–Crippen LogP) is 3.51. The SMILES string of the molecule is CC[C@H](c1cccc(O)c1)[C@@H](C)CN(C)C.Cl. The lowest BCUT2D eigenvalue weighted by molar-refractivity contribution is 0.301. The van der Waals surface area contributed by atoms with Crippen molar-refractivity contribution < 1.29 is 5.11 Å². The van der Waals surface area contributed by atoms with E-state index in [0.717, 1.165) is 13.0 Å². The van der Waals surface area contributed by atoms with E-state index in [-0.39, 0.29) is 12.4 Å². The maximum absolute atomic E-state index is 9.51. The van der Waals surface area contributed by atoms with E-state index in [1.807, 2.05) is 12.1 Å². The van der Waals surface area contributed by atoms with E-state index in [1.165, 1.54) is 5.56 Å². The van der Waals surface area contributed by atoms with Gasteiger partial charge in [0.2, 0.25) is 0 Å². The molecule has 0 heterocycles. The van der Waals surface area contributed by atoms with Crippen LogP contribution in [0.25, 0.3) is 0 Å². The van der Waals surface area contributed by atoms with Crippen molar-refractivity contribution >= 4 is 12.4 Å². The first-order valence-electron chi connectivity index (χ1n) is 5.98. The molecule has 0 saturated heterocycles. The molecule has 0 unspecified atom stereocenters. The number of aromatic hydroxyl groups is 1. The summed E-state index contributed by atoms with van der Waals surface area (Å²) in [5.74, 6) is 1.49. The summed E-state index contributed by atoms with van der Waals surface area (Å²) in [5.41, 5.74) is 1.25. The second-order valence-corrected chi connectivity index (χ2v) is 4.85. The van der Waals surface area contributed by atoms with Crippen molar-refractivity contribution in [2.75, 3.05) is 20.6 Å². The van der Waals surface area contributed by atoms with Crippen molar-refractivity contribution in [3.05, 3.63) is 29.8 Å². The molecule has 1 aromatic rings. The molecule has 17 heavy (non-hydrogen) atoms. The molecular weight excluding hydrogens is 234 g/mol. The fourth-order valence-corrected chi connectivity index (χ4v) is 2.43. The average Bonchev–Trinajstić information content (AvgIpc) is 2.17. The lowest BCUT2D eigenvalue weighted by Gasteiger charge is -2.26. The van der Waals surface area contributed by atoms with Crippen LogP contribution in [-0.2, 0) is 0 Å². The van der Waals surface area contributed by atoms with Gasteiger partial charge in [-0.2, -0.15) is 0 Å². The number of hydrogen-bond acceptors (Lipinski definition) is 2. The first-order chi connectivity index (χ1) is 7.54. The highest BCUT2D eigenvalue weighted by molar-refractivity contribution is 5.85. The van der Waals surface area contributed by atoms with Gasteiger partial charge in [-0.25, -0.2) is 0 Å². The highest BCUT2D eigenvalue weighted by atomic mass is 35.5. The number of hydrogen-bond donors (Lipinski definition) is 1. The summed E-state index contributed by atoms with van der Waals surface area (Å²) in [7, 11) is 4.21. The zero-order chi connectivity index (χ0) is 12.1. The summed E-state index contributed by atoms with van der Waals surface area (Å²) < 4.78 is 0. The standard InChI is InChI=1S/C14H23NO.ClH/c1-5-14(11(2)10-15(3)4)12-7-6-8-13(16)9-12;/h6-9,11,14,16H,5,10H2,1-4H3;1H/t11-,14-;/m0./s1. The highest BCUT2D eigenvalue weighted by Crippen LogP contribution is 2.30. The molecule has 1 aromatic carbocycles. The molecule has 0 aliphatic carbocycles. The normalized spacial score (nSPS) is 14.2. The van der Waals surface area contributed by atoms with Gasteiger partial charge >= 0.3 is 0 Å². The third-order valence-electron chi connectivity index (χ3n) is 3.08. The van der Waals surface area contributed by atoms with E-state index >= 15 is 0 Å². The van der Waals surface area contributed by atoms with Crippen molar-refractivity contribution in [3.8, 4) is 5.75 Å². The van der Waals surface area contributed by atoms with Crippen molar-refractivity contribution in [2.24, 2.45) is 5.92 Å². The van der Waals surface area contributed by atoms with Crippen molar-refractivity contribution in [2.45, 2.75) is 26.2 Å². The summed E-state index contributed by atoms with van der Waals surface area (Å²) in [6, 6.07) is 7.66. The van der Waals surface area contributed by atoms with Crippen LogP contribution in [0.4, 0.5) is 0 Å². The van der Waals surface area contributed by atoms with Crippen LogP contribution < -0.4 is 0 Å². The van der Waals surface area contributed by atoms with Crippen LogP contribution in [0.1, 0.15) is 31.7 Å². The van der Waals surface area contributed by atoms with Gasteiger partial charge in [-0.05, 0) is 50.0 Å². The molecule has 0 radical (unpaired) electrons. The number of benzene rings is 1. The smallest absolute Gasteiger partial charge is 0.115 e. The Morgan fingerprint density at radius 2 is 1.94 bits per heavy atom. The third-order valence-corrected chi connectivity index (χ3v) is 3.08. The first kappa shape index (κ1) is 16.3. The Bertz CT molecular complexity index is 328. The largest absolute Gasteiger partial charge is 0.508 e. The molecule has 0 aliphatic heterocycles. The molecule has 2 atom stereocenters.